The zero-order valence-electron chi connectivity index (χ0n) is 16.9. The van der Waals surface area contributed by atoms with Gasteiger partial charge in [-0.05, 0) is 26.8 Å². The quantitative estimate of drug-likeness (QED) is 0.736. The van der Waals surface area contributed by atoms with Crippen LogP contribution in [0, 0.1) is 0 Å². The fraction of sp³-hybridized carbons (Fsp3) is 0.500. The molecule has 28 heavy (non-hydrogen) atoms. The molecule has 0 saturated carbocycles. The van der Waals surface area contributed by atoms with E-state index in [0.717, 1.165) is 0 Å². The number of hydrogen-bond donors (Lipinski definition) is 2. The SMILES string of the molecule is COC(=O)Nc1cc2c(cc1N)N(C)C(=O)[C@H](N(C)C(=O)OC(C)(C)C)CO2. The molecule has 1 aliphatic rings. The molecule has 0 radical (unpaired) electrons. The van der Waals surface area contributed by atoms with Gasteiger partial charge >= 0.3 is 12.2 Å². The first-order valence-corrected chi connectivity index (χ1v) is 8.59. The fourth-order valence-electron chi connectivity index (χ4n) is 2.55. The van der Waals surface area contributed by atoms with Gasteiger partial charge in [0.1, 0.15) is 24.0 Å². The van der Waals surface area contributed by atoms with E-state index in [1.807, 2.05) is 0 Å². The monoisotopic (exact) mass is 394 g/mol. The highest BCUT2D eigenvalue weighted by atomic mass is 16.6. The van der Waals surface area contributed by atoms with Crippen LogP contribution in [0.25, 0.3) is 0 Å². The summed E-state index contributed by atoms with van der Waals surface area (Å²) in [4.78, 5) is 39.3. The van der Waals surface area contributed by atoms with Crippen LogP contribution in [0.3, 0.4) is 0 Å². The van der Waals surface area contributed by atoms with Crippen molar-refractivity contribution in [1.29, 1.82) is 0 Å². The second-order valence-electron chi connectivity index (χ2n) is 7.34. The number of nitrogens with zero attached hydrogens (tertiary/aromatic N) is 2. The normalized spacial score (nSPS) is 16.4. The standard InChI is InChI=1S/C18H26N4O6/c1-18(2,3)28-17(25)22(5)13-9-27-14-8-11(20-16(24)26-6)10(19)7-12(14)21(4)15(13)23/h7-8,13H,9,19H2,1-6H3,(H,20,24)/t13-/m1/s1. The third kappa shape index (κ3) is 4.56. The van der Waals surface area contributed by atoms with E-state index in [-0.39, 0.29) is 23.9 Å². The Morgan fingerprint density at radius 3 is 2.57 bits per heavy atom. The Bertz CT molecular complexity index is 789. The van der Waals surface area contributed by atoms with Crippen molar-refractivity contribution in [2.45, 2.75) is 32.4 Å². The number of ether oxygens (including phenoxy) is 3. The first kappa shape index (κ1) is 21.1. The second-order valence-corrected chi connectivity index (χ2v) is 7.34. The number of fused-ring (bicyclic) bond motifs is 1. The summed E-state index contributed by atoms with van der Waals surface area (Å²) >= 11 is 0. The van der Waals surface area contributed by atoms with Crippen LogP contribution < -0.4 is 20.7 Å². The van der Waals surface area contributed by atoms with E-state index in [1.54, 1.807) is 27.8 Å². The summed E-state index contributed by atoms with van der Waals surface area (Å²) in [6.07, 6.45) is -1.33. The Hall–Kier alpha value is -3.17. The molecule has 1 aliphatic heterocycles. The fourth-order valence-corrected chi connectivity index (χ4v) is 2.55. The van der Waals surface area contributed by atoms with E-state index in [4.69, 9.17) is 15.2 Å². The molecule has 0 unspecified atom stereocenters. The molecular formula is C18H26N4O6. The van der Waals surface area contributed by atoms with E-state index >= 15 is 0 Å². The minimum atomic E-state index is -0.898. The number of benzene rings is 1. The number of rotatable bonds is 2. The predicted molar refractivity (Wildman–Crippen MR) is 104 cm³/mol. The molecule has 0 aromatic heterocycles. The van der Waals surface area contributed by atoms with Crippen molar-refractivity contribution in [3.63, 3.8) is 0 Å². The number of nitrogens with one attached hydrogen (secondary N) is 1. The maximum atomic E-state index is 12.9. The number of methoxy groups -OCH3 is 1. The lowest BCUT2D eigenvalue weighted by Crippen LogP contribution is -2.51. The van der Waals surface area contributed by atoms with Crippen molar-refractivity contribution in [3.8, 4) is 5.75 Å². The number of anilines is 3. The molecule has 1 atom stereocenters. The van der Waals surface area contributed by atoms with Gasteiger partial charge in [-0.2, -0.15) is 0 Å². The van der Waals surface area contributed by atoms with E-state index in [9.17, 15) is 14.4 Å². The van der Waals surface area contributed by atoms with Gasteiger partial charge in [-0.1, -0.05) is 0 Å². The largest absolute Gasteiger partial charge is 0.489 e. The molecule has 1 aromatic carbocycles. The summed E-state index contributed by atoms with van der Waals surface area (Å²) in [6.45, 7) is 5.13. The molecule has 10 heteroatoms. The zero-order chi connectivity index (χ0) is 21.2. The topological polar surface area (TPSA) is 123 Å². The molecule has 1 heterocycles. The van der Waals surface area contributed by atoms with E-state index in [1.165, 1.54) is 36.1 Å². The lowest BCUT2D eigenvalue weighted by Gasteiger charge is -2.30. The Kier molecular flexibility index (Phi) is 5.91. The summed E-state index contributed by atoms with van der Waals surface area (Å²) in [5, 5.41) is 2.48. The van der Waals surface area contributed by atoms with Gasteiger partial charge in [-0.25, -0.2) is 9.59 Å². The number of amides is 3. The molecular weight excluding hydrogens is 368 g/mol. The highest BCUT2D eigenvalue weighted by Gasteiger charge is 2.36. The molecule has 154 valence electrons. The second kappa shape index (κ2) is 7.83. The van der Waals surface area contributed by atoms with Crippen LogP contribution in [0.5, 0.6) is 5.75 Å². The van der Waals surface area contributed by atoms with Crippen molar-refractivity contribution in [1.82, 2.24) is 4.90 Å². The lowest BCUT2D eigenvalue weighted by molar-refractivity contribution is -0.123. The summed E-state index contributed by atoms with van der Waals surface area (Å²) in [5.74, 6) is -0.0308. The van der Waals surface area contributed by atoms with Crippen LogP contribution in [-0.4, -0.2) is 62.4 Å². The molecule has 0 aliphatic carbocycles. The minimum Gasteiger partial charge on any atom is -0.489 e. The Morgan fingerprint density at radius 2 is 2.00 bits per heavy atom. The van der Waals surface area contributed by atoms with Crippen LogP contribution in [0.1, 0.15) is 20.8 Å². The van der Waals surface area contributed by atoms with Gasteiger partial charge in [-0.3, -0.25) is 15.0 Å². The van der Waals surface area contributed by atoms with Crippen molar-refractivity contribution >= 4 is 35.2 Å². The van der Waals surface area contributed by atoms with Gasteiger partial charge in [0.25, 0.3) is 5.91 Å². The predicted octanol–water partition coefficient (Wildman–Crippen LogP) is 2.04. The van der Waals surface area contributed by atoms with E-state index in [0.29, 0.717) is 11.4 Å². The van der Waals surface area contributed by atoms with E-state index in [2.05, 4.69) is 10.1 Å². The average Bonchev–Trinajstić information content (AvgIpc) is 2.71. The van der Waals surface area contributed by atoms with Crippen molar-refractivity contribution in [3.05, 3.63) is 12.1 Å². The van der Waals surface area contributed by atoms with Gasteiger partial charge in [-0.15, -0.1) is 0 Å². The number of likely N-dealkylation sites (N-methyl/N-ethyl adjacent to an activating group) is 2. The molecule has 0 spiro atoms. The van der Waals surface area contributed by atoms with Crippen LogP contribution >= 0.6 is 0 Å². The van der Waals surface area contributed by atoms with Gasteiger partial charge in [0.15, 0.2) is 0 Å². The van der Waals surface area contributed by atoms with Gasteiger partial charge in [0.2, 0.25) is 0 Å². The minimum absolute atomic E-state index is 0.0898. The van der Waals surface area contributed by atoms with Crippen LogP contribution in [0.2, 0.25) is 0 Å². The Balaban J connectivity index is 2.29. The number of carbonyl (C=O) groups excluding carboxylic acids is 3. The number of hydrogen-bond acceptors (Lipinski definition) is 7. The number of nitrogen functional groups attached to an aromatic ring is 1. The van der Waals surface area contributed by atoms with Crippen LogP contribution in [0.4, 0.5) is 26.7 Å². The summed E-state index contributed by atoms with van der Waals surface area (Å²) in [6, 6.07) is 2.11. The van der Waals surface area contributed by atoms with Gasteiger partial charge in [0, 0.05) is 20.2 Å². The van der Waals surface area contributed by atoms with Crippen molar-refractivity contribution < 1.29 is 28.6 Å². The van der Waals surface area contributed by atoms with Gasteiger partial charge in [0.05, 0.1) is 24.2 Å². The smallest absolute Gasteiger partial charge is 0.411 e. The third-order valence-electron chi connectivity index (χ3n) is 4.08. The third-order valence-corrected chi connectivity index (χ3v) is 4.08. The lowest BCUT2D eigenvalue weighted by atomic mass is 10.2. The Morgan fingerprint density at radius 1 is 1.36 bits per heavy atom. The average molecular weight is 394 g/mol. The highest BCUT2D eigenvalue weighted by molar-refractivity contribution is 6.02. The van der Waals surface area contributed by atoms with Crippen molar-refractivity contribution in [2.24, 2.45) is 0 Å². The molecule has 3 amide bonds. The highest BCUT2D eigenvalue weighted by Crippen LogP contribution is 2.37. The molecule has 0 bridgehead atoms. The number of nitrogens with two attached hydrogens (primary N) is 1. The summed E-state index contributed by atoms with van der Waals surface area (Å²) in [5.41, 5.74) is 6.20. The van der Waals surface area contributed by atoms with Crippen LogP contribution in [-0.2, 0) is 14.3 Å². The molecule has 0 saturated heterocycles. The molecule has 3 N–H and O–H groups in total. The first-order chi connectivity index (χ1) is 12.9. The van der Waals surface area contributed by atoms with Gasteiger partial charge < -0.3 is 24.8 Å². The van der Waals surface area contributed by atoms with Crippen LogP contribution in [0.15, 0.2) is 12.1 Å². The summed E-state index contributed by atoms with van der Waals surface area (Å²) in [7, 11) is 4.26. The number of carbonyl (C=O) groups is 3. The van der Waals surface area contributed by atoms with E-state index < -0.39 is 23.8 Å². The Labute approximate surface area is 163 Å². The summed E-state index contributed by atoms with van der Waals surface area (Å²) < 4.78 is 15.6. The maximum Gasteiger partial charge on any atom is 0.411 e. The molecule has 10 nitrogen and oxygen atoms in total. The van der Waals surface area contributed by atoms with Crippen molar-refractivity contribution in [2.75, 3.05) is 43.8 Å². The first-order valence-electron chi connectivity index (χ1n) is 8.59. The molecule has 2 rings (SSSR count). The molecule has 1 aromatic rings. The molecule has 0 fully saturated rings. The maximum absolute atomic E-state index is 12.9. The zero-order valence-corrected chi connectivity index (χ0v) is 16.9.